The highest BCUT2D eigenvalue weighted by Crippen LogP contribution is 2.53. The Labute approximate surface area is 148 Å². The standard InChI is InChI=1S/C22H24O3/c1-14-19-7-5-16-4-6-18(24-3)11-20(16)22(19,2)12-17(21(14)23)10-15-8-9-25-13-15/h4,6,8-11,13-14,19H,5,7,12H2,1-3H3/b17-10+. The Morgan fingerprint density at radius 1 is 1.32 bits per heavy atom. The van der Waals surface area contributed by atoms with Crippen molar-refractivity contribution in [3.63, 3.8) is 0 Å². The Hall–Kier alpha value is -2.29. The molecule has 25 heavy (non-hydrogen) atoms. The Morgan fingerprint density at radius 2 is 2.16 bits per heavy atom. The second-order valence-corrected chi connectivity index (χ2v) is 7.64. The number of ketones is 1. The summed E-state index contributed by atoms with van der Waals surface area (Å²) in [5.41, 5.74) is 4.57. The molecule has 0 amide bonds. The van der Waals surface area contributed by atoms with Gasteiger partial charge in [-0.25, -0.2) is 0 Å². The molecule has 0 bridgehead atoms. The predicted molar refractivity (Wildman–Crippen MR) is 97.6 cm³/mol. The van der Waals surface area contributed by atoms with Crippen molar-refractivity contribution in [2.24, 2.45) is 11.8 Å². The molecule has 0 radical (unpaired) electrons. The summed E-state index contributed by atoms with van der Waals surface area (Å²) in [6.45, 7) is 4.42. The predicted octanol–water partition coefficient (Wildman–Crippen LogP) is 4.80. The zero-order chi connectivity index (χ0) is 17.6. The molecule has 0 N–H and O–H groups in total. The van der Waals surface area contributed by atoms with Gasteiger partial charge in [0.25, 0.3) is 0 Å². The lowest BCUT2D eigenvalue weighted by Crippen LogP contribution is -2.47. The lowest BCUT2D eigenvalue weighted by atomic mass is 9.54. The van der Waals surface area contributed by atoms with Crippen LogP contribution in [0.3, 0.4) is 0 Å². The number of methoxy groups -OCH3 is 1. The molecule has 2 aromatic rings. The van der Waals surface area contributed by atoms with Gasteiger partial charge in [-0.05, 0) is 66.2 Å². The van der Waals surface area contributed by atoms with Crippen LogP contribution in [-0.4, -0.2) is 12.9 Å². The molecule has 3 nitrogen and oxygen atoms in total. The van der Waals surface area contributed by atoms with E-state index in [1.165, 1.54) is 11.1 Å². The van der Waals surface area contributed by atoms with Crippen LogP contribution in [0.25, 0.3) is 6.08 Å². The molecule has 1 aromatic heterocycles. The van der Waals surface area contributed by atoms with Crippen LogP contribution in [-0.2, 0) is 16.6 Å². The van der Waals surface area contributed by atoms with Crippen molar-refractivity contribution in [1.29, 1.82) is 0 Å². The number of aryl methyl sites for hydroxylation is 1. The fraction of sp³-hybridized carbons (Fsp3) is 0.409. The van der Waals surface area contributed by atoms with Gasteiger partial charge in [0.2, 0.25) is 0 Å². The van der Waals surface area contributed by atoms with Crippen LogP contribution < -0.4 is 4.74 Å². The van der Waals surface area contributed by atoms with Crippen molar-refractivity contribution >= 4 is 11.9 Å². The minimum absolute atomic E-state index is 0.0367. The van der Waals surface area contributed by atoms with Crippen molar-refractivity contribution in [3.8, 4) is 5.75 Å². The molecular formula is C22H24O3. The molecule has 4 rings (SSSR count). The highest BCUT2D eigenvalue weighted by Gasteiger charge is 2.49. The average Bonchev–Trinajstić information content (AvgIpc) is 3.12. The number of hydrogen-bond acceptors (Lipinski definition) is 3. The summed E-state index contributed by atoms with van der Waals surface area (Å²) in [7, 11) is 1.71. The molecule has 1 aromatic carbocycles. The van der Waals surface area contributed by atoms with Crippen molar-refractivity contribution in [2.75, 3.05) is 7.11 Å². The summed E-state index contributed by atoms with van der Waals surface area (Å²) in [6.07, 6.45) is 8.22. The first-order chi connectivity index (χ1) is 12.0. The third kappa shape index (κ3) is 2.53. The lowest BCUT2D eigenvalue weighted by Gasteiger charge is -2.49. The van der Waals surface area contributed by atoms with Gasteiger partial charge in [0.05, 0.1) is 19.6 Å². The zero-order valence-electron chi connectivity index (χ0n) is 15.0. The fourth-order valence-electron chi connectivity index (χ4n) is 4.93. The number of benzene rings is 1. The van der Waals surface area contributed by atoms with Crippen LogP contribution in [0.1, 0.15) is 43.4 Å². The highest BCUT2D eigenvalue weighted by molar-refractivity contribution is 6.02. The summed E-state index contributed by atoms with van der Waals surface area (Å²) in [5, 5.41) is 0. The van der Waals surface area contributed by atoms with Gasteiger partial charge in [0.15, 0.2) is 5.78 Å². The molecular weight excluding hydrogens is 312 g/mol. The molecule has 130 valence electrons. The maximum Gasteiger partial charge on any atom is 0.162 e. The fourth-order valence-corrected chi connectivity index (χ4v) is 4.93. The first-order valence-electron chi connectivity index (χ1n) is 8.97. The van der Waals surface area contributed by atoms with E-state index in [4.69, 9.17) is 9.15 Å². The molecule has 1 fully saturated rings. The minimum Gasteiger partial charge on any atom is -0.497 e. The van der Waals surface area contributed by atoms with E-state index in [-0.39, 0.29) is 17.1 Å². The summed E-state index contributed by atoms with van der Waals surface area (Å²) in [5.74, 6) is 1.60. The van der Waals surface area contributed by atoms with E-state index in [1.807, 2.05) is 18.2 Å². The summed E-state index contributed by atoms with van der Waals surface area (Å²) in [6, 6.07) is 8.31. The number of Topliss-reactive ketones (excluding diaryl/α,β-unsaturated/α-hetero) is 1. The first-order valence-corrected chi connectivity index (χ1v) is 8.97. The van der Waals surface area contributed by atoms with Gasteiger partial charge in [-0.1, -0.05) is 19.9 Å². The Balaban J connectivity index is 1.81. The van der Waals surface area contributed by atoms with Crippen molar-refractivity contribution in [3.05, 3.63) is 59.1 Å². The first kappa shape index (κ1) is 16.2. The molecule has 0 spiro atoms. The smallest absolute Gasteiger partial charge is 0.162 e. The van der Waals surface area contributed by atoms with Crippen LogP contribution in [0.2, 0.25) is 0 Å². The normalized spacial score (nSPS) is 30.0. The number of carbonyl (C=O) groups excluding carboxylic acids is 1. The molecule has 0 aliphatic heterocycles. The molecule has 1 heterocycles. The topological polar surface area (TPSA) is 39.4 Å². The van der Waals surface area contributed by atoms with Crippen LogP contribution in [0.5, 0.6) is 5.75 Å². The van der Waals surface area contributed by atoms with Crippen molar-refractivity contribution in [2.45, 2.75) is 38.5 Å². The number of carbonyl (C=O) groups is 1. The maximum atomic E-state index is 13.0. The van der Waals surface area contributed by atoms with E-state index < -0.39 is 0 Å². The van der Waals surface area contributed by atoms with E-state index in [2.05, 4.69) is 26.0 Å². The number of rotatable bonds is 2. The van der Waals surface area contributed by atoms with E-state index in [0.29, 0.717) is 5.92 Å². The van der Waals surface area contributed by atoms with Gasteiger partial charge < -0.3 is 9.15 Å². The monoisotopic (exact) mass is 336 g/mol. The van der Waals surface area contributed by atoms with Gasteiger partial charge in [-0.3, -0.25) is 4.79 Å². The van der Waals surface area contributed by atoms with Crippen LogP contribution in [0, 0.1) is 11.8 Å². The molecule has 3 unspecified atom stereocenters. The third-order valence-electron chi connectivity index (χ3n) is 6.25. The van der Waals surface area contributed by atoms with Crippen LogP contribution in [0.15, 0.2) is 46.8 Å². The van der Waals surface area contributed by atoms with E-state index in [0.717, 1.165) is 36.1 Å². The van der Waals surface area contributed by atoms with Gasteiger partial charge in [-0.15, -0.1) is 0 Å². The van der Waals surface area contributed by atoms with Gasteiger partial charge in [0.1, 0.15) is 5.75 Å². The molecule has 2 aliphatic carbocycles. The van der Waals surface area contributed by atoms with E-state index in [1.54, 1.807) is 19.6 Å². The highest BCUT2D eigenvalue weighted by atomic mass is 16.5. The number of furan rings is 1. The average molecular weight is 336 g/mol. The van der Waals surface area contributed by atoms with E-state index >= 15 is 0 Å². The molecule has 2 aliphatic rings. The zero-order valence-corrected chi connectivity index (χ0v) is 15.0. The summed E-state index contributed by atoms with van der Waals surface area (Å²) < 4.78 is 10.6. The SMILES string of the molecule is COc1ccc2c(c1)C1(C)C/C(=C\c3ccoc3)C(=O)C(C)C1CC2. The minimum atomic E-state index is -0.0367. The summed E-state index contributed by atoms with van der Waals surface area (Å²) >= 11 is 0. The molecule has 1 saturated carbocycles. The van der Waals surface area contributed by atoms with Gasteiger partial charge in [0, 0.05) is 16.9 Å². The van der Waals surface area contributed by atoms with Crippen LogP contribution >= 0.6 is 0 Å². The quantitative estimate of drug-likeness (QED) is 0.740. The maximum absolute atomic E-state index is 13.0. The Bertz CT molecular complexity index is 831. The van der Waals surface area contributed by atoms with Crippen LogP contribution in [0.4, 0.5) is 0 Å². The molecule has 3 atom stereocenters. The number of allylic oxidation sites excluding steroid dienone is 1. The second kappa shape index (κ2) is 5.91. The molecule has 0 saturated heterocycles. The number of hydrogen-bond donors (Lipinski definition) is 0. The Morgan fingerprint density at radius 3 is 2.88 bits per heavy atom. The number of fused-ring (bicyclic) bond motifs is 3. The van der Waals surface area contributed by atoms with Gasteiger partial charge in [-0.2, -0.15) is 0 Å². The number of ether oxygens (including phenoxy) is 1. The van der Waals surface area contributed by atoms with E-state index in [9.17, 15) is 4.79 Å². The summed E-state index contributed by atoms with van der Waals surface area (Å²) in [4.78, 5) is 13.0. The Kier molecular flexibility index (Phi) is 3.82. The largest absolute Gasteiger partial charge is 0.497 e. The van der Waals surface area contributed by atoms with Crippen molar-refractivity contribution in [1.82, 2.24) is 0 Å². The lowest BCUT2D eigenvalue weighted by molar-refractivity contribution is -0.123. The molecule has 3 heteroatoms. The third-order valence-corrected chi connectivity index (χ3v) is 6.25. The van der Waals surface area contributed by atoms with Crippen molar-refractivity contribution < 1.29 is 13.9 Å². The van der Waals surface area contributed by atoms with Gasteiger partial charge >= 0.3 is 0 Å². The second-order valence-electron chi connectivity index (χ2n) is 7.64.